The van der Waals surface area contributed by atoms with Crippen molar-refractivity contribution >= 4 is 21.7 Å². The molecule has 0 spiro atoms. The molecular weight excluding hydrogens is 368 g/mol. The summed E-state index contributed by atoms with van der Waals surface area (Å²) in [5.41, 5.74) is 1.29. The summed E-state index contributed by atoms with van der Waals surface area (Å²) in [6, 6.07) is 7.29. The molecule has 0 radical (unpaired) electrons. The second kappa shape index (κ2) is 7.91. The Hall–Kier alpha value is -2.68. The summed E-state index contributed by atoms with van der Waals surface area (Å²) in [6.07, 6.45) is 3.46. The summed E-state index contributed by atoms with van der Waals surface area (Å²) >= 11 is 0. The number of carbonyl (C=O) groups excluding carboxylic acids is 1. The smallest absolute Gasteiger partial charge is 0.254 e. The fourth-order valence-electron chi connectivity index (χ4n) is 2.89. The maximum absolute atomic E-state index is 12.3. The lowest BCUT2D eigenvalue weighted by molar-refractivity contribution is 0.0950. The van der Waals surface area contributed by atoms with E-state index in [9.17, 15) is 13.2 Å². The number of methoxy groups -OCH3 is 1. The first-order chi connectivity index (χ1) is 12.9. The lowest BCUT2D eigenvalue weighted by atomic mass is 10.2. The van der Waals surface area contributed by atoms with Gasteiger partial charge in [-0.2, -0.15) is 0 Å². The van der Waals surface area contributed by atoms with Crippen molar-refractivity contribution < 1.29 is 17.9 Å². The van der Waals surface area contributed by atoms with E-state index >= 15 is 0 Å². The van der Waals surface area contributed by atoms with Crippen LogP contribution < -0.4 is 15.0 Å². The number of nitrogens with zero attached hydrogens (tertiary/aromatic N) is 3. The van der Waals surface area contributed by atoms with Crippen LogP contribution in [0.2, 0.25) is 0 Å². The van der Waals surface area contributed by atoms with Crippen LogP contribution in [0, 0.1) is 0 Å². The van der Waals surface area contributed by atoms with E-state index in [0.717, 1.165) is 11.3 Å². The molecule has 2 heterocycles. The average Bonchev–Trinajstić information content (AvgIpc) is 3.05. The predicted molar refractivity (Wildman–Crippen MR) is 102 cm³/mol. The topological polar surface area (TPSA) is 101 Å². The monoisotopic (exact) mass is 390 g/mol. The first-order valence-electron chi connectivity index (χ1n) is 8.54. The number of anilines is 1. The van der Waals surface area contributed by atoms with E-state index in [1.807, 2.05) is 24.3 Å². The van der Waals surface area contributed by atoms with Crippen molar-refractivity contribution in [1.82, 2.24) is 15.3 Å². The van der Waals surface area contributed by atoms with Gasteiger partial charge in [0.25, 0.3) is 5.91 Å². The lowest BCUT2D eigenvalue weighted by Gasteiger charge is -2.23. The highest BCUT2D eigenvalue weighted by molar-refractivity contribution is 7.91. The largest absolute Gasteiger partial charge is 0.497 e. The molecule has 27 heavy (non-hydrogen) atoms. The van der Waals surface area contributed by atoms with E-state index < -0.39 is 9.84 Å². The third-order valence-corrected chi connectivity index (χ3v) is 6.33. The van der Waals surface area contributed by atoms with Crippen LogP contribution in [-0.4, -0.2) is 56.0 Å². The van der Waals surface area contributed by atoms with E-state index in [2.05, 4.69) is 15.3 Å². The standard InChI is InChI=1S/C18H22N4O4S/c1-22(15-7-8-27(24,25)12-15)18-20-10-14(11-21-18)17(23)19-9-13-3-5-16(26-2)6-4-13/h3-6,10-11,15H,7-9,12H2,1-2H3,(H,19,23). The Bertz CT molecular complexity index is 898. The first-order valence-corrected chi connectivity index (χ1v) is 10.4. The molecule has 0 saturated carbocycles. The van der Waals surface area contributed by atoms with Gasteiger partial charge in [0, 0.05) is 32.0 Å². The number of sulfone groups is 1. The summed E-state index contributed by atoms with van der Waals surface area (Å²) in [6.45, 7) is 0.379. The zero-order chi connectivity index (χ0) is 19.4. The lowest BCUT2D eigenvalue weighted by Crippen LogP contribution is -2.34. The number of rotatable bonds is 6. The summed E-state index contributed by atoms with van der Waals surface area (Å²) in [5, 5.41) is 2.81. The van der Waals surface area contributed by atoms with Gasteiger partial charge in [-0.3, -0.25) is 4.79 Å². The van der Waals surface area contributed by atoms with Gasteiger partial charge in [0.15, 0.2) is 9.84 Å². The van der Waals surface area contributed by atoms with Gasteiger partial charge in [-0.05, 0) is 24.1 Å². The van der Waals surface area contributed by atoms with Gasteiger partial charge in [0.05, 0.1) is 24.2 Å². The van der Waals surface area contributed by atoms with Crippen LogP contribution >= 0.6 is 0 Å². The van der Waals surface area contributed by atoms with Gasteiger partial charge in [-0.25, -0.2) is 18.4 Å². The number of aromatic nitrogens is 2. The molecule has 1 saturated heterocycles. The number of amides is 1. The van der Waals surface area contributed by atoms with E-state index in [0.29, 0.717) is 24.5 Å². The molecule has 1 amide bonds. The number of carbonyl (C=O) groups is 1. The number of nitrogens with one attached hydrogen (secondary N) is 1. The molecule has 0 bridgehead atoms. The molecule has 1 aromatic heterocycles. The normalized spacial score (nSPS) is 18.1. The van der Waals surface area contributed by atoms with Gasteiger partial charge in [0.1, 0.15) is 5.75 Å². The second-order valence-electron chi connectivity index (χ2n) is 6.47. The second-order valence-corrected chi connectivity index (χ2v) is 8.70. The number of ether oxygens (including phenoxy) is 1. The summed E-state index contributed by atoms with van der Waals surface area (Å²) < 4.78 is 28.3. The molecule has 8 nitrogen and oxygen atoms in total. The van der Waals surface area contributed by atoms with E-state index in [4.69, 9.17) is 4.74 Å². The molecular formula is C18H22N4O4S. The number of hydrogen-bond donors (Lipinski definition) is 1. The van der Waals surface area contributed by atoms with Gasteiger partial charge < -0.3 is 15.0 Å². The summed E-state index contributed by atoms with van der Waals surface area (Å²) in [7, 11) is 0.391. The third-order valence-electron chi connectivity index (χ3n) is 4.58. The summed E-state index contributed by atoms with van der Waals surface area (Å²) in [4.78, 5) is 22.4. The minimum absolute atomic E-state index is 0.108. The SMILES string of the molecule is COc1ccc(CNC(=O)c2cnc(N(C)C3CCS(=O)(=O)C3)nc2)cc1. The Kier molecular flexibility index (Phi) is 5.59. The molecule has 1 fully saturated rings. The molecule has 1 unspecified atom stereocenters. The molecule has 1 atom stereocenters. The van der Waals surface area contributed by atoms with Gasteiger partial charge in [-0.1, -0.05) is 12.1 Å². The fraction of sp³-hybridized carbons (Fsp3) is 0.389. The van der Waals surface area contributed by atoms with E-state index in [1.165, 1.54) is 12.4 Å². The van der Waals surface area contributed by atoms with Crippen LogP contribution in [0.3, 0.4) is 0 Å². The minimum Gasteiger partial charge on any atom is -0.497 e. The maximum atomic E-state index is 12.3. The molecule has 1 N–H and O–H groups in total. The van der Waals surface area contributed by atoms with Crippen molar-refractivity contribution in [2.24, 2.45) is 0 Å². The quantitative estimate of drug-likeness (QED) is 0.786. The van der Waals surface area contributed by atoms with Crippen LogP contribution in [0.15, 0.2) is 36.7 Å². The Balaban J connectivity index is 1.58. The highest BCUT2D eigenvalue weighted by atomic mass is 32.2. The van der Waals surface area contributed by atoms with Crippen molar-refractivity contribution in [3.05, 3.63) is 47.8 Å². The predicted octanol–water partition coefficient (Wildman–Crippen LogP) is 1.04. The zero-order valence-corrected chi connectivity index (χ0v) is 16.1. The molecule has 0 aliphatic carbocycles. The molecule has 1 aliphatic heterocycles. The van der Waals surface area contributed by atoms with Crippen LogP contribution in [-0.2, 0) is 16.4 Å². The maximum Gasteiger partial charge on any atom is 0.254 e. The Morgan fingerprint density at radius 2 is 1.93 bits per heavy atom. The minimum atomic E-state index is -2.98. The Morgan fingerprint density at radius 1 is 1.26 bits per heavy atom. The van der Waals surface area contributed by atoms with Crippen LogP contribution in [0.4, 0.5) is 5.95 Å². The summed E-state index contributed by atoms with van der Waals surface area (Å²) in [5.74, 6) is 1.19. The number of hydrogen-bond acceptors (Lipinski definition) is 7. The zero-order valence-electron chi connectivity index (χ0n) is 15.3. The molecule has 1 aliphatic rings. The Labute approximate surface area is 158 Å². The van der Waals surface area contributed by atoms with Gasteiger partial charge in [-0.15, -0.1) is 0 Å². The average molecular weight is 390 g/mol. The highest BCUT2D eigenvalue weighted by Crippen LogP contribution is 2.20. The molecule has 2 aromatic rings. The van der Waals surface area contributed by atoms with Crippen LogP contribution in [0.1, 0.15) is 22.3 Å². The molecule has 9 heteroatoms. The highest BCUT2D eigenvalue weighted by Gasteiger charge is 2.31. The van der Waals surface area contributed by atoms with Crippen molar-refractivity contribution in [3.8, 4) is 5.75 Å². The van der Waals surface area contributed by atoms with Crippen molar-refractivity contribution in [3.63, 3.8) is 0 Å². The number of benzene rings is 1. The fourth-order valence-corrected chi connectivity index (χ4v) is 4.67. The van der Waals surface area contributed by atoms with E-state index in [-0.39, 0.29) is 23.5 Å². The van der Waals surface area contributed by atoms with E-state index in [1.54, 1.807) is 19.1 Å². The third kappa shape index (κ3) is 4.73. The van der Waals surface area contributed by atoms with Gasteiger partial charge >= 0.3 is 0 Å². The van der Waals surface area contributed by atoms with Crippen molar-refractivity contribution in [2.45, 2.75) is 19.0 Å². The van der Waals surface area contributed by atoms with Crippen LogP contribution in [0.25, 0.3) is 0 Å². The first kappa shape index (κ1) is 19.1. The van der Waals surface area contributed by atoms with Crippen molar-refractivity contribution in [1.29, 1.82) is 0 Å². The Morgan fingerprint density at radius 3 is 2.48 bits per heavy atom. The molecule has 144 valence electrons. The van der Waals surface area contributed by atoms with Crippen LogP contribution in [0.5, 0.6) is 5.75 Å². The molecule has 1 aromatic carbocycles. The van der Waals surface area contributed by atoms with Gasteiger partial charge in [0.2, 0.25) is 5.95 Å². The van der Waals surface area contributed by atoms with Crippen molar-refractivity contribution in [2.75, 3.05) is 30.6 Å². The molecule has 3 rings (SSSR count).